The van der Waals surface area contributed by atoms with E-state index in [-0.39, 0.29) is 10.6 Å². The van der Waals surface area contributed by atoms with Crippen molar-refractivity contribution in [3.05, 3.63) is 63.6 Å². The third kappa shape index (κ3) is 4.90. The maximum atomic E-state index is 11.0. The minimum atomic E-state index is -1.06. The van der Waals surface area contributed by atoms with E-state index in [0.29, 0.717) is 24.7 Å². The Balaban J connectivity index is 2.15. The van der Waals surface area contributed by atoms with E-state index in [0.717, 1.165) is 15.7 Å². The highest BCUT2D eigenvalue weighted by Crippen LogP contribution is 2.37. The first-order chi connectivity index (χ1) is 12.0. The zero-order valence-corrected chi connectivity index (χ0v) is 15.9. The lowest BCUT2D eigenvalue weighted by Gasteiger charge is -2.14. The monoisotopic (exact) mass is 425 g/mol. The SMILES string of the molecule is C=CCOc1c(Br)cc(CNc2ccc(C(=O)O)c(Cl)c2)cc1OC. The Hall–Kier alpha value is -2.18. The largest absolute Gasteiger partial charge is 0.493 e. The van der Waals surface area contributed by atoms with E-state index in [1.807, 2.05) is 12.1 Å². The molecule has 7 heteroatoms. The highest BCUT2D eigenvalue weighted by molar-refractivity contribution is 9.10. The first-order valence-electron chi connectivity index (χ1n) is 7.33. The quantitative estimate of drug-likeness (QED) is 0.582. The number of rotatable bonds is 8. The molecular weight excluding hydrogens is 410 g/mol. The van der Waals surface area contributed by atoms with Crippen LogP contribution in [0.15, 0.2) is 47.5 Å². The van der Waals surface area contributed by atoms with Crippen molar-refractivity contribution < 1.29 is 19.4 Å². The molecule has 2 aromatic carbocycles. The number of carbonyl (C=O) groups is 1. The minimum Gasteiger partial charge on any atom is -0.493 e. The molecule has 0 heterocycles. The lowest BCUT2D eigenvalue weighted by molar-refractivity contribution is 0.0697. The van der Waals surface area contributed by atoms with Gasteiger partial charge in [0.1, 0.15) is 6.61 Å². The number of benzene rings is 2. The van der Waals surface area contributed by atoms with Gasteiger partial charge in [-0.15, -0.1) is 0 Å². The number of ether oxygens (including phenoxy) is 2. The molecule has 0 saturated carbocycles. The van der Waals surface area contributed by atoms with Crippen molar-refractivity contribution in [2.45, 2.75) is 6.54 Å². The van der Waals surface area contributed by atoms with Crippen molar-refractivity contribution in [1.29, 1.82) is 0 Å². The average molecular weight is 427 g/mol. The summed E-state index contributed by atoms with van der Waals surface area (Å²) in [5.41, 5.74) is 1.74. The number of carboxylic acids is 1. The zero-order valence-electron chi connectivity index (χ0n) is 13.5. The van der Waals surface area contributed by atoms with Crippen LogP contribution < -0.4 is 14.8 Å². The Morgan fingerprint density at radius 2 is 2.16 bits per heavy atom. The van der Waals surface area contributed by atoms with E-state index in [1.54, 1.807) is 25.3 Å². The summed E-state index contributed by atoms with van der Waals surface area (Å²) in [5, 5.41) is 12.4. The number of hydrogen-bond acceptors (Lipinski definition) is 4. The average Bonchev–Trinajstić information content (AvgIpc) is 2.58. The van der Waals surface area contributed by atoms with E-state index in [9.17, 15) is 4.79 Å². The molecule has 0 aliphatic rings. The molecule has 2 rings (SSSR count). The molecule has 5 nitrogen and oxygen atoms in total. The van der Waals surface area contributed by atoms with Crippen LogP contribution in [0.3, 0.4) is 0 Å². The number of methoxy groups -OCH3 is 1. The van der Waals surface area contributed by atoms with Crippen LogP contribution in [0.2, 0.25) is 5.02 Å². The summed E-state index contributed by atoms with van der Waals surface area (Å²) >= 11 is 9.45. The van der Waals surface area contributed by atoms with Crippen molar-refractivity contribution in [3.8, 4) is 11.5 Å². The van der Waals surface area contributed by atoms with Crippen LogP contribution in [0.25, 0.3) is 0 Å². The third-order valence-electron chi connectivity index (χ3n) is 3.33. The maximum Gasteiger partial charge on any atom is 0.337 e. The summed E-state index contributed by atoms with van der Waals surface area (Å²) in [4.78, 5) is 11.0. The van der Waals surface area contributed by atoms with E-state index >= 15 is 0 Å². The number of carboxylic acid groups (broad SMARTS) is 1. The molecule has 25 heavy (non-hydrogen) atoms. The van der Waals surface area contributed by atoms with Gasteiger partial charge in [0.2, 0.25) is 0 Å². The smallest absolute Gasteiger partial charge is 0.337 e. The Morgan fingerprint density at radius 3 is 2.76 bits per heavy atom. The van der Waals surface area contributed by atoms with Gasteiger partial charge in [0.15, 0.2) is 11.5 Å². The van der Waals surface area contributed by atoms with Gasteiger partial charge in [0.05, 0.1) is 22.2 Å². The second-order valence-electron chi connectivity index (χ2n) is 5.06. The molecule has 132 valence electrons. The van der Waals surface area contributed by atoms with Gasteiger partial charge in [-0.25, -0.2) is 4.79 Å². The first kappa shape index (κ1) is 19.1. The summed E-state index contributed by atoms with van der Waals surface area (Å²) < 4.78 is 11.7. The molecule has 0 bridgehead atoms. The van der Waals surface area contributed by atoms with E-state index in [2.05, 4.69) is 27.8 Å². The van der Waals surface area contributed by atoms with Crippen LogP contribution in [0.1, 0.15) is 15.9 Å². The second-order valence-corrected chi connectivity index (χ2v) is 6.32. The fourth-order valence-corrected chi connectivity index (χ4v) is 3.03. The molecule has 0 amide bonds. The van der Waals surface area contributed by atoms with Gasteiger partial charge in [-0.3, -0.25) is 0 Å². The van der Waals surface area contributed by atoms with Crippen LogP contribution >= 0.6 is 27.5 Å². The van der Waals surface area contributed by atoms with Crippen molar-refractivity contribution in [2.24, 2.45) is 0 Å². The van der Waals surface area contributed by atoms with Crippen molar-refractivity contribution in [3.63, 3.8) is 0 Å². The van der Waals surface area contributed by atoms with E-state index in [4.69, 9.17) is 26.2 Å². The Morgan fingerprint density at radius 1 is 1.40 bits per heavy atom. The normalized spacial score (nSPS) is 10.2. The Bertz CT molecular complexity index is 795. The van der Waals surface area contributed by atoms with Gasteiger partial charge in [-0.1, -0.05) is 24.3 Å². The van der Waals surface area contributed by atoms with Crippen molar-refractivity contribution in [1.82, 2.24) is 0 Å². The van der Waals surface area contributed by atoms with Gasteiger partial charge in [0, 0.05) is 12.2 Å². The number of hydrogen-bond donors (Lipinski definition) is 2. The molecule has 2 N–H and O–H groups in total. The second kappa shape index (κ2) is 8.78. The topological polar surface area (TPSA) is 67.8 Å². The molecule has 0 saturated heterocycles. The van der Waals surface area contributed by atoms with Crippen LogP contribution in [0, 0.1) is 0 Å². The standard InChI is InChI=1S/C18H17BrClNO4/c1-3-6-25-17-14(19)7-11(8-16(17)24-2)10-21-12-4-5-13(18(22)23)15(20)9-12/h3-5,7-9,21H,1,6,10H2,2H3,(H,22,23). The highest BCUT2D eigenvalue weighted by atomic mass is 79.9. The van der Waals surface area contributed by atoms with Crippen LogP contribution in [-0.4, -0.2) is 24.8 Å². The molecule has 0 aliphatic heterocycles. The maximum absolute atomic E-state index is 11.0. The lowest BCUT2D eigenvalue weighted by Crippen LogP contribution is -2.03. The van der Waals surface area contributed by atoms with Crippen LogP contribution in [0.5, 0.6) is 11.5 Å². The summed E-state index contributed by atoms with van der Waals surface area (Å²) in [5.74, 6) is 0.160. The number of anilines is 1. The molecule has 2 aromatic rings. The van der Waals surface area contributed by atoms with Gasteiger partial charge in [-0.2, -0.15) is 0 Å². The first-order valence-corrected chi connectivity index (χ1v) is 8.50. The van der Waals surface area contributed by atoms with Gasteiger partial charge < -0.3 is 19.9 Å². The highest BCUT2D eigenvalue weighted by Gasteiger charge is 2.12. The summed E-state index contributed by atoms with van der Waals surface area (Å²) in [6.45, 7) is 4.50. The number of nitrogens with one attached hydrogen (secondary N) is 1. The van der Waals surface area contributed by atoms with Crippen LogP contribution in [-0.2, 0) is 6.54 Å². The molecule has 0 aromatic heterocycles. The van der Waals surface area contributed by atoms with Gasteiger partial charge in [-0.05, 0) is 51.8 Å². The predicted molar refractivity (Wildman–Crippen MR) is 102 cm³/mol. The minimum absolute atomic E-state index is 0.0698. The Labute approximate surface area is 159 Å². The molecule has 0 spiro atoms. The number of halogens is 2. The molecule has 0 atom stereocenters. The predicted octanol–water partition coefficient (Wildman–Crippen LogP) is 4.99. The van der Waals surface area contributed by atoms with Gasteiger partial charge >= 0.3 is 5.97 Å². The lowest BCUT2D eigenvalue weighted by atomic mass is 10.1. The van der Waals surface area contributed by atoms with Crippen molar-refractivity contribution >= 4 is 39.2 Å². The molecule has 0 fully saturated rings. The van der Waals surface area contributed by atoms with Gasteiger partial charge in [0.25, 0.3) is 0 Å². The molecule has 0 radical (unpaired) electrons. The number of aromatic carboxylic acids is 1. The molecule has 0 unspecified atom stereocenters. The molecular formula is C18H17BrClNO4. The van der Waals surface area contributed by atoms with Crippen LogP contribution in [0.4, 0.5) is 5.69 Å². The summed E-state index contributed by atoms with van der Waals surface area (Å²) in [6.07, 6.45) is 1.66. The molecule has 0 aliphatic carbocycles. The third-order valence-corrected chi connectivity index (χ3v) is 4.23. The van der Waals surface area contributed by atoms with Crippen molar-refractivity contribution in [2.75, 3.05) is 19.0 Å². The summed E-state index contributed by atoms with van der Waals surface area (Å²) in [7, 11) is 1.57. The van der Waals surface area contributed by atoms with E-state index in [1.165, 1.54) is 6.07 Å². The fourth-order valence-electron chi connectivity index (χ4n) is 2.16. The van der Waals surface area contributed by atoms with E-state index < -0.39 is 5.97 Å². The zero-order chi connectivity index (χ0) is 18.4. The Kier molecular flexibility index (Phi) is 6.73. The summed E-state index contributed by atoms with van der Waals surface area (Å²) in [6, 6.07) is 8.50. The fraction of sp³-hybridized carbons (Fsp3) is 0.167.